The molecule has 0 bridgehead atoms. The van der Waals surface area contributed by atoms with Crippen molar-refractivity contribution < 1.29 is 19.3 Å². The normalized spacial score (nSPS) is 21.7. The monoisotopic (exact) mass is 526 g/mol. The van der Waals surface area contributed by atoms with Crippen molar-refractivity contribution in [1.82, 2.24) is 0 Å². The van der Waals surface area contributed by atoms with Crippen molar-refractivity contribution in [2.24, 2.45) is 5.41 Å². The lowest BCUT2D eigenvalue weighted by Gasteiger charge is -2.37. The molecular formula is C33H22N2O5. The first kappa shape index (κ1) is 23.9. The molecule has 2 heterocycles. The lowest BCUT2D eigenvalue weighted by molar-refractivity contribution is -0.384. The fourth-order valence-electron chi connectivity index (χ4n) is 6.90. The highest BCUT2D eigenvalue weighted by atomic mass is 16.6. The second-order valence-corrected chi connectivity index (χ2v) is 10.3. The number of ketones is 3. The zero-order valence-electron chi connectivity index (χ0n) is 21.1. The van der Waals surface area contributed by atoms with E-state index in [1.54, 1.807) is 60.7 Å². The first-order chi connectivity index (χ1) is 19.4. The fourth-order valence-corrected chi connectivity index (χ4v) is 6.90. The Morgan fingerprint density at radius 1 is 0.800 bits per heavy atom. The molecule has 0 radical (unpaired) electrons. The van der Waals surface area contributed by atoms with Crippen LogP contribution in [0.2, 0.25) is 0 Å². The van der Waals surface area contributed by atoms with Gasteiger partial charge < -0.3 is 4.90 Å². The SMILES string of the molecule is O=C(c1ccccc1)C1C(c2cccc([N+](=O)[O-])c2)C2(C(=O)c3ccccc3C2=O)C2C=Cc3ccccc3N12. The molecule has 2 aliphatic heterocycles. The van der Waals surface area contributed by atoms with Crippen molar-refractivity contribution in [2.45, 2.75) is 18.0 Å². The van der Waals surface area contributed by atoms with Crippen LogP contribution in [0.1, 0.15) is 48.1 Å². The molecule has 0 amide bonds. The van der Waals surface area contributed by atoms with Crippen LogP contribution >= 0.6 is 0 Å². The summed E-state index contributed by atoms with van der Waals surface area (Å²) in [4.78, 5) is 56.9. The number of benzene rings is 4. The molecule has 3 atom stereocenters. The van der Waals surface area contributed by atoms with E-state index in [1.165, 1.54) is 12.1 Å². The molecule has 0 N–H and O–H groups in total. The van der Waals surface area contributed by atoms with Crippen LogP contribution < -0.4 is 4.90 Å². The summed E-state index contributed by atoms with van der Waals surface area (Å²) in [5, 5.41) is 11.8. The third kappa shape index (κ3) is 3.09. The molecule has 194 valence electrons. The molecule has 7 nitrogen and oxygen atoms in total. The van der Waals surface area contributed by atoms with Crippen LogP contribution in [-0.4, -0.2) is 34.4 Å². The van der Waals surface area contributed by atoms with E-state index in [0.29, 0.717) is 22.3 Å². The quantitative estimate of drug-likeness (QED) is 0.142. The molecule has 1 fully saturated rings. The van der Waals surface area contributed by atoms with Gasteiger partial charge in [-0.1, -0.05) is 97.1 Å². The van der Waals surface area contributed by atoms with E-state index >= 15 is 0 Å². The first-order valence-corrected chi connectivity index (χ1v) is 13.0. The summed E-state index contributed by atoms with van der Waals surface area (Å²) < 4.78 is 0. The lowest BCUT2D eigenvalue weighted by Crippen LogP contribution is -2.48. The van der Waals surface area contributed by atoms with Gasteiger partial charge in [-0.2, -0.15) is 0 Å². The van der Waals surface area contributed by atoms with Gasteiger partial charge in [0.15, 0.2) is 17.3 Å². The summed E-state index contributed by atoms with van der Waals surface area (Å²) >= 11 is 0. The molecule has 1 spiro atoms. The van der Waals surface area contributed by atoms with E-state index in [2.05, 4.69) is 0 Å². The average molecular weight is 527 g/mol. The average Bonchev–Trinajstić information content (AvgIpc) is 3.43. The van der Waals surface area contributed by atoms with Crippen LogP contribution in [0.3, 0.4) is 0 Å². The van der Waals surface area contributed by atoms with Gasteiger partial charge in [0.25, 0.3) is 5.69 Å². The number of para-hydroxylation sites is 1. The number of nitro benzene ring substituents is 1. The van der Waals surface area contributed by atoms with Gasteiger partial charge in [0.1, 0.15) is 11.5 Å². The molecule has 7 rings (SSSR count). The van der Waals surface area contributed by atoms with Crippen LogP contribution in [0.5, 0.6) is 0 Å². The maximum absolute atomic E-state index is 14.6. The van der Waals surface area contributed by atoms with Crippen LogP contribution in [0.4, 0.5) is 11.4 Å². The summed E-state index contributed by atoms with van der Waals surface area (Å²) in [5.74, 6) is -1.99. The Balaban J connectivity index is 1.56. The number of Topliss-reactive ketones (excluding diaryl/α,β-unsaturated/α-hetero) is 3. The zero-order chi connectivity index (χ0) is 27.6. The summed E-state index contributed by atoms with van der Waals surface area (Å²) in [6, 6.07) is 27.3. The Bertz CT molecular complexity index is 1740. The minimum atomic E-state index is -1.70. The van der Waals surface area contributed by atoms with E-state index in [4.69, 9.17) is 0 Å². The van der Waals surface area contributed by atoms with E-state index in [1.807, 2.05) is 47.4 Å². The van der Waals surface area contributed by atoms with Gasteiger partial charge in [0, 0.05) is 40.4 Å². The number of fused-ring (bicyclic) bond motifs is 5. The Morgan fingerprint density at radius 2 is 1.45 bits per heavy atom. The largest absolute Gasteiger partial charge is 0.352 e. The maximum atomic E-state index is 14.6. The van der Waals surface area contributed by atoms with Crippen molar-refractivity contribution in [3.05, 3.63) is 147 Å². The number of hydrogen-bond acceptors (Lipinski definition) is 6. The Morgan fingerprint density at radius 3 is 2.15 bits per heavy atom. The minimum absolute atomic E-state index is 0.171. The van der Waals surface area contributed by atoms with Gasteiger partial charge in [-0.15, -0.1) is 0 Å². The van der Waals surface area contributed by atoms with Gasteiger partial charge in [0.05, 0.1) is 11.0 Å². The van der Waals surface area contributed by atoms with Crippen LogP contribution in [0.15, 0.2) is 109 Å². The highest BCUT2D eigenvalue weighted by Gasteiger charge is 2.71. The first-order valence-electron chi connectivity index (χ1n) is 13.0. The lowest BCUT2D eigenvalue weighted by atomic mass is 9.64. The Hall–Kier alpha value is -5.17. The highest BCUT2D eigenvalue weighted by Crippen LogP contribution is 2.61. The fraction of sp³-hybridized carbons (Fsp3) is 0.121. The van der Waals surface area contributed by atoms with E-state index in [-0.39, 0.29) is 23.0 Å². The summed E-state index contributed by atoms with van der Waals surface area (Å²) in [7, 11) is 0. The third-order valence-electron chi connectivity index (χ3n) is 8.48. The van der Waals surface area contributed by atoms with Crippen LogP contribution in [0, 0.1) is 15.5 Å². The third-order valence-corrected chi connectivity index (χ3v) is 8.48. The van der Waals surface area contributed by atoms with Crippen molar-refractivity contribution in [1.29, 1.82) is 0 Å². The number of nitrogens with zero attached hydrogens (tertiary/aromatic N) is 2. The number of hydrogen-bond donors (Lipinski definition) is 0. The number of nitro groups is 1. The molecule has 4 aromatic rings. The summed E-state index contributed by atoms with van der Waals surface area (Å²) in [6.07, 6.45) is 3.73. The van der Waals surface area contributed by atoms with Gasteiger partial charge in [-0.05, 0) is 17.2 Å². The predicted octanol–water partition coefficient (Wildman–Crippen LogP) is 5.91. The second-order valence-electron chi connectivity index (χ2n) is 10.3. The number of carbonyl (C=O) groups is 3. The van der Waals surface area contributed by atoms with Crippen LogP contribution in [0.25, 0.3) is 6.08 Å². The number of rotatable bonds is 4. The summed E-state index contributed by atoms with van der Waals surface area (Å²) in [5.41, 5.74) is 1.17. The van der Waals surface area contributed by atoms with Crippen molar-refractivity contribution in [2.75, 3.05) is 4.90 Å². The van der Waals surface area contributed by atoms with Crippen molar-refractivity contribution >= 4 is 34.8 Å². The van der Waals surface area contributed by atoms with Crippen molar-refractivity contribution in [3.8, 4) is 0 Å². The van der Waals surface area contributed by atoms with E-state index in [9.17, 15) is 24.5 Å². The number of carbonyl (C=O) groups excluding carboxylic acids is 3. The number of anilines is 1. The van der Waals surface area contributed by atoms with Gasteiger partial charge in [-0.3, -0.25) is 24.5 Å². The molecule has 0 saturated carbocycles. The Kier molecular flexibility index (Phi) is 5.19. The van der Waals surface area contributed by atoms with Gasteiger partial charge in [-0.25, -0.2) is 0 Å². The standard InChI is InChI=1S/C33H22N2O5/c36-30(21-10-2-1-3-11-21)29-28(22-12-8-13-23(19-22)35(39)40)33(31(37)24-14-5-6-15-25(24)32(33)38)27-18-17-20-9-4-7-16-26(20)34(27)29/h1-19,27-29H. The molecule has 7 heteroatoms. The molecule has 4 aromatic carbocycles. The maximum Gasteiger partial charge on any atom is 0.269 e. The smallest absolute Gasteiger partial charge is 0.269 e. The minimum Gasteiger partial charge on any atom is -0.352 e. The second kappa shape index (κ2) is 8.68. The highest BCUT2D eigenvalue weighted by molar-refractivity contribution is 6.32. The molecular weight excluding hydrogens is 504 g/mol. The zero-order valence-corrected chi connectivity index (χ0v) is 21.1. The predicted molar refractivity (Wildman–Crippen MR) is 150 cm³/mol. The van der Waals surface area contributed by atoms with E-state index in [0.717, 1.165) is 11.3 Å². The van der Waals surface area contributed by atoms with Crippen molar-refractivity contribution in [3.63, 3.8) is 0 Å². The number of non-ortho nitro benzene ring substituents is 1. The summed E-state index contributed by atoms with van der Waals surface area (Å²) in [6.45, 7) is 0. The van der Waals surface area contributed by atoms with Gasteiger partial charge >= 0.3 is 0 Å². The Labute approximate surface area is 229 Å². The molecule has 3 aliphatic rings. The van der Waals surface area contributed by atoms with Crippen LogP contribution in [-0.2, 0) is 0 Å². The molecule has 40 heavy (non-hydrogen) atoms. The topological polar surface area (TPSA) is 97.6 Å². The molecule has 1 saturated heterocycles. The molecule has 0 aromatic heterocycles. The van der Waals surface area contributed by atoms with Gasteiger partial charge in [0.2, 0.25) is 0 Å². The molecule has 1 aliphatic carbocycles. The molecule has 3 unspecified atom stereocenters. The van der Waals surface area contributed by atoms with E-state index < -0.39 is 28.3 Å².